The van der Waals surface area contributed by atoms with Crippen LogP contribution in [0.5, 0.6) is 0 Å². The second-order valence-corrected chi connectivity index (χ2v) is 4.09. The van der Waals surface area contributed by atoms with Gasteiger partial charge in [-0.1, -0.05) is 17.7 Å². The summed E-state index contributed by atoms with van der Waals surface area (Å²) in [7, 11) is 0. The van der Waals surface area contributed by atoms with Gasteiger partial charge in [0.05, 0.1) is 10.7 Å². The molecule has 0 spiro atoms. The van der Waals surface area contributed by atoms with E-state index >= 15 is 0 Å². The molecule has 1 amide bonds. The third-order valence-corrected chi connectivity index (χ3v) is 2.50. The first kappa shape index (κ1) is 13.0. The van der Waals surface area contributed by atoms with Gasteiger partial charge < -0.3 is 16.2 Å². The molecule has 0 bridgehead atoms. The van der Waals surface area contributed by atoms with E-state index in [-0.39, 0.29) is 6.54 Å². The fourth-order valence-electron chi connectivity index (χ4n) is 1.39. The predicted molar refractivity (Wildman–Crippen MR) is 64.6 cm³/mol. The second-order valence-electron chi connectivity index (χ2n) is 3.68. The minimum absolute atomic E-state index is 0.117. The molecule has 16 heavy (non-hydrogen) atoms. The van der Waals surface area contributed by atoms with Crippen molar-refractivity contribution in [3.8, 4) is 0 Å². The van der Waals surface area contributed by atoms with E-state index in [0.29, 0.717) is 10.7 Å². The maximum atomic E-state index is 11.4. The largest absolute Gasteiger partial charge is 0.382 e. The highest BCUT2D eigenvalue weighted by Crippen LogP contribution is 2.27. The van der Waals surface area contributed by atoms with Crippen LogP contribution in [0.1, 0.15) is 11.1 Å². The summed E-state index contributed by atoms with van der Waals surface area (Å²) in [5.41, 5.74) is 7.56. The van der Waals surface area contributed by atoms with Crippen molar-refractivity contribution in [3.63, 3.8) is 0 Å². The maximum absolute atomic E-state index is 11.4. The molecular weight excluding hydrogens is 228 g/mol. The van der Waals surface area contributed by atoms with Crippen molar-refractivity contribution >= 4 is 23.2 Å². The summed E-state index contributed by atoms with van der Waals surface area (Å²) in [4.78, 5) is 11.4. The molecule has 0 aliphatic carbocycles. The van der Waals surface area contributed by atoms with Crippen LogP contribution in [0.25, 0.3) is 0 Å². The van der Waals surface area contributed by atoms with E-state index in [1.165, 1.54) is 0 Å². The number of rotatable bonds is 3. The van der Waals surface area contributed by atoms with Crippen LogP contribution in [0, 0.1) is 13.8 Å². The summed E-state index contributed by atoms with van der Waals surface area (Å²) in [5, 5.41) is 12.3. The highest BCUT2D eigenvalue weighted by molar-refractivity contribution is 6.34. The van der Waals surface area contributed by atoms with Gasteiger partial charge in [0.15, 0.2) is 0 Å². The first-order valence-electron chi connectivity index (χ1n) is 4.91. The number of carbonyl (C=O) groups excluding carboxylic acids is 1. The molecular formula is C11H15ClN2O2. The Bertz CT molecular complexity index is 384. The number of hydrogen-bond acceptors (Lipinski definition) is 3. The Balaban J connectivity index is 2.93. The number of aliphatic hydroxyl groups excluding tert-OH is 1. The van der Waals surface area contributed by atoms with E-state index in [1.54, 1.807) is 6.07 Å². The predicted octanol–water partition coefficient (Wildman–Crippen LogP) is 1.21. The van der Waals surface area contributed by atoms with Gasteiger partial charge in [-0.25, -0.2) is 0 Å². The van der Waals surface area contributed by atoms with Crippen molar-refractivity contribution in [1.82, 2.24) is 0 Å². The Morgan fingerprint density at radius 3 is 2.69 bits per heavy atom. The summed E-state index contributed by atoms with van der Waals surface area (Å²) < 4.78 is 0. The zero-order chi connectivity index (χ0) is 12.3. The van der Waals surface area contributed by atoms with E-state index in [2.05, 4.69) is 5.32 Å². The highest BCUT2D eigenvalue weighted by Gasteiger charge is 2.15. The standard InChI is InChI=1S/C11H15ClN2O2/c1-6-3-7(2)10(8(12)4-6)14-11(16)9(15)5-13/h3-4,9,15H,5,13H2,1-2H3,(H,14,16). The van der Waals surface area contributed by atoms with Crippen LogP contribution in [0.3, 0.4) is 0 Å². The molecule has 0 aliphatic heterocycles. The van der Waals surface area contributed by atoms with Crippen molar-refractivity contribution in [2.24, 2.45) is 5.73 Å². The lowest BCUT2D eigenvalue weighted by molar-refractivity contribution is -0.123. The molecule has 5 heteroatoms. The second kappa shape index (κ2) is 5.30. The number of halogens is 1. The van der Waals surface area contributed by atoms with Crippen molar-refractivity contribution < 1.29 is 9.90 Å². The minimum Gasteiger partial charge on any atom is -0.382 e. The Kier molecular flexibility index (Phi) is 4.29. The Hall–Kier alpha value is -1.10. The van der Waals surface area contributed by atoms with Gasteiger partial charge in [-0.05, 0) is 31.0 Å². The fraction of sp³-hybridized carbons (Fsp3) is 0.364. The van der Waals surface area contributed by atoms with Crippen LogP contribution in [-0.4, -0.2) is 23.7 Å². The normalized spacial score (nSPS) is 12.3. The van der Waals surface area contributed by atoms with E-state index < -0.39 is 12.0 Å². The van der Waals surface area contributed by atoms with Gasteiger partial charge in [-0.3, -0.25) is 4.79 Å². The summed E-state index contributed by atoms with van der Waals surface area (Å²) in [5.74, 6) is -0.545. The summed E-state index contributed by atoms with van der Waals surface area (Å²) in [6, 6.07) is 3.65. The van der Waals surface area contributed by atoms with E-state index in [1.807, 2.05) is 19.9 Å². The van der Waals surface area contributed by atoms with Crippen molar-refractivity contribution in [1.29, 1.82) is 0 Å². The zero-order valence-corrected chi connectivity index (χ0v) is 10.0. The van der Waals surface area contributed by atoms with Gasteiger partial charge in [0.2, 0.25) is 0 Å². The molecule has 0 heterocycles. The SMILES string of the molecule is Cc1cc(C)c(NC(=O)C(O)CN)c(Cl)c1. The summed E-state index contributed by atoms with van der Waals surface area (Å²) >= 11 is 6.00. The molecule has 1 atom stereocenters. The number of nitrogens with two attached hydrogens (primary N) is 1. The van der Waals surface area contributed by atoms with E-state index in [9.17, 15) is 9.90 Å². The zero-order valence-electron chi connectivity index (χ0n) is 9.25. The molecule has 1 aromatic carbocycles. The molecule has 0 aromatic heterocycles. The molecule has 1 aromatic rings. The third-order valence-electron chi connectivity index (χ3n) is 2.21. The third kappa shape index (κ3) is 2.95. The van der Waals surface area contributed by atoms with Gasteiger partial charge >= 0.3 is 0 Å². The van der Waals surface area contributed by atoms with Crippen LogP contribution in [0.4, 0.5) is 5.69 Å². The molecule has 4 N–H and O–H groups in total. The number of benzene rings is 1. The topological polar surface area (TPSA) is 75.3 Å². The van der Waals surface area contributed by atoms with Gasteiger partial charge in [0, 0.05) is 6.54 Å². The Morgan fingerprint density at radius 1 is 1.56 bits per heavy atom. The molecule has 88 valence electrons. The molecule has 0 saturated carbocycles. The van der Waals surface area contributed by atoms with Gasteiger partial charge in [0.25, 0.3) is 5.91 Å². The summed E-state index contributed by atoms with van der Waals surface area (Å²) in [6.45, 7) is 3.64. The maximum Gasteiger partial charge on any atom is 0.254 e. The number of aryl methyl sites for hydroxylation is 2. The summed E-state index contributed by atoms with van der Waals surface area (Å²) in [6.07, 6.45) is -1.21. The molecule has 0 radical (unpaired) electrons. The lowest BCUT2D eigenvalue weighted by atomic mass is 10.1. The van der Waals surface area contributed by atoms with Crippen molar-refractivity contribution in [2.45, 2.75) is 20.0 Å². The van der Waals surface area contributed by atoms with Crippen LogP contribution < -0.4 is 11.1 Å². The molecule has 1 rings (SSSR count). The molecule has 0 aliphatic rings. The monoisotopic (exact) mass is 242 g/mol. The van der Waals surface area contributed by atoms with Gasteiger partial charge in [0.1, 0.15) is 6.10 Å². The quantitative estimate of drug-likeness (QED) is 0.746. The smallest absolute Gasteiger partial charge is 0.254 e. The average Bonchev–Trinajstić information content (AvgIpc) is 2.21. The Morgan fingerprint density at radius 2 is 2.19 bits per heavy atom. The Labute approximate surface area is 99.4 Å². The minimum atomic E-state index is -1.21. The van der Waals surface area contributed by atoms with E-state index in [4.69, 9.17) is 17.3 Å². The molecule has 1 unspecified atom stereocenters. The number of anilines is 1. The number of carbonyl (C=O) groups is 1. The fourth-order valence-corrected chi connectivity index (χ4v) is 1.76. The average molecular weight is 243 g/mol. The highest BCUT2D eigenvalue weighted by atomic mass is 35.5. The lowest BCUT2D eigenvalue weighted by Crippen LogP contribution is -2.34. The number of hydrogen-bond donors (Lipinski definition) is 3. The van der Waals surface area contributed by atoms with Crippen LogP contribution in [0.15, 0.2) is 12.1 Å². The van der Waals surface area contributed by atoms with Gasteiger partial charge in [-0.2, -0.15) is 0 Å². The lowest BCUT2D eigenvalue weighted by Gasteiger charge is -2.13. The number of nitrogens with one attached hydrogen (secondary N) is 1. The molecule has 0 fully saturated rings. The van der Waals surface area contributed by atoms with Crippen molar-refractivity contribution in [2.75, 3.05) is 11.9 Å². The van der Waals surface area contributed by atoms with Crippen LogP contribution in [-0.2, 0) is 4.79 Å². The first-order valence-corrected chi connectivity index (χ1v) is 5.29. The van der Waals surface area contributed by atoms with Gasteiger partial charge in [-0.15, -0.1) is 0 Å². The van der Waals surface area contributed by atoms with Crippen LogP contribution >= 0.6 is 11.6 Å². The van der Waals surface area contributed by atoms with E-state index in [0.717, 1.165) is 11.1 Å². The first-order chi connectivity index (χ1) is 7.45. The number of amides is 1. The molecule has 4 nitrogen and oxygen atoms in total. The molecule has 0 saturated heterocycles. The van der Waals surface area contributed by atoms with Crippen molar-refractivity contribution in [3.05, 3.63) is 28.3 Å². The number of aliphatic hydroxyl groups is 1. The van der Waals surface area contributed by atoms with Crippen LogP contribution in [0.2, 0.25) is 5.02 Å².